The van der Waals surface area contributed by atoms with Gasteiger partial charge in [-0.2, -0.15) is 0 Å². The minimum atomic E-state index is -3.80. The smallest absolute Gasteiger partial charge is 0.265 e. The highest BCUT2D eigenvalue weighted by Crippen LogP contribution is 2.24. The van der Waals surface area contributed by atoms with Gasteiger partial charge in [0.1, 0.15) is 5.75 Å². The van der Waals surface area contributed by atoms with Crippen LogP contribution in [0.25, 0.3) is 0 Å². The van der Waals surface area contributed by atoms with Crippen LogP contribution in [-0.4, -0.2) is 20.4 Å². The highest BCUT2D eigenvalue weighted by molar-refractivity contribution is 7.92. The number of rotatable bonds is 7. The number of sulfonamides is 1. The number of benzene rings is 3. The molecular formula is C23H23ClN2O4S. The van der Waals surface area contributed by atoms with Gasteiger partial charge in [-0.15, -0.1) is 0 Å². The molecule has 0 bridgehead atoms. The number of halogens is 1. The van der Waals surface area contributed by atoms with Crippen molar-refractivity contribution in [3.63, 3.8) is 0 Å². The quantitative estimate of drug-likeness (QED) is 0.512. The first kappa shape index (κ1) is 22.7. The molecule has 0 spiro atoms. The number of hydrogen-bond donors (Lipinski definition) is 2. The molecule has 0 aliphatic rings. The molecule has 0 aliphatic carbocycles. The van der Waals surface area contributed by atoms with Crippen molar-refractivity contribution in [2.75, 3.05) is 10.0 Å². The zero-order valence-corrected chi connectivity index (χ0v) is 18.9. The molecule has 8 heteroatoms. The molecule has 0 aromatic heterocycles. The summed E-state index contributed by atoms with van der Waals surface area (Å²) in [6.45, 7) is 5.37. The van der Waals surface area contributed by atoms with Gasteiger partial charge >= 0.3 is 0 Å². The van der Waals surface area contributed by atoms with Crippen molar-refractivity contribution in [1.29, 1.82) is 0 Å². The first-order valence-corrected chi connectivity index (χ1v) is 11.4. The second kappa shape index (κ2) is 9.41. The van der Waals surface area contributed by atoms with Crippen molar-refractivity contribution < 1.29 is 17.9 Å². The third kappa shape index (κ3) is 5.99. The Bertz CT molecular complexity index is 1190. The van der Waals surface area contributed by atoms with Crippen LogP contribution in [0.4, 0.5) is 11.4 Å². The molecule has 3 aromatic rings. The monoisotopic (exact) mass is 458 g/mol. The van der Waals surface area contributed by atoms with Gasteiger partial charge in [0.25, 0.3) is 15.9 Å². The van der Waals surface area contributed by atoms with Gasteiger partial charge in [0.2, 0.25) is 0 Å². The molecule has 3 rings (SSSR count). The fourth-order valence-electron chi connectivity index (χ4n) is 2.82. The molecule has 0 aliphatic heterocycles. The number of amides is 1. The van der Waals surface area contributed by atoms with E-state index in [0.717, 1.165) is 11.1 Å². The van der Waals surface area contributed by atoms with E-state index in [-0.39, 0.29) is 10.8 Å². The summed E-state index contributed by atoms with van der Waals surface area (Å²) in [5, 5.41) is 3.16. The molecule has 31 heavy (non-hydrogen) atoms. The molecule has 3 aromatic carbocycles. The molecule has 1 atom stereocenters. The van der Waals surface area contributed by atoms with E-state index in [1.54, 1.807) is 38.1 Å². The third-order valence-corrected chi connectivity index (χ3v) is 6.16. The van der Waals surface area contributed by atoms with Crippen LogP contribution in [0.5, 0.6) is 5.75 Å². The number of ether oxygens (including phenoxy) is 1. The van der Waals surface area contributed by atoms with E-state index < -0.39 is 16.1 Å². The Hall–Kier alpha value is -3.03. The minimum Gasteiger partial charge on any atom is -0.481 e. The van der Waals surface area contributed by atoms with Crippen LogP contribution in [0.2, 0.25) is 5.02 Å². The molecule has 0 saturated carbocycles. The van der Waals surface area contributed by atoms with E-state index in [9.17, 15) is 13.2 Å². The zero-order valence-electron chi connectivity index (χ0n) is 17.3. The maximum atomic E-state index is 12.7. The van der Waals surface area contributed by atoms with Gasteiger partial charge in [0.05, 0.1) is 10.6 Å². The van der Waals surface area contributed by atoms with Gasteiger partial charge in [0.15, 0.2) is 6.10 Å². The van der Waals surface area contributed by atoms with Gasteiger partial charge in [-0.3, -0.25) is 9.52 Å². The van der Waals surface area contributed by atoms with Crippen LogP contribution in [-0.2, 0) is 14.8 Å². The summed E-state index contributed by atoms with van der Waals surface area (Å²) in [6, 6.07) is 18.3. The van der Waals surface area contributed by atoms with Crippen LogP contribution >= 0.6 is 11.6 Å². The van der Waals surface area contributed by atoms with E-state index in [2.05, 4.69) is 10.0 Å². The average Bonchev–Trinajstić information content (AvgIpc) is 2.71. The van der Waals surface area contributed by atoms with E-state index in [1.165, 1.54) is 24.3 Å². The summed E-state index contributed by atoms with van der Waals surface area (Å²) >= 11 is 5.96. The summed E-state index contributed by atoms with van der Waals surface area (Å²) < 4.78 is 33.6. The van der Waals surface area contributed by atoms with E-state index in [4.69, 9.17) is 16.3 Å². The minimum absolute atomic E-state index is 0.0638. The largest absolute Gasteiger partial charge is 0.481 e. The van der Waals surface area contributed by atoms with E-state index >= 15 is 0 Å². The molecule has 162 valence electrons. The molecule has 2 N–H and O–H groups in total. The van der Waals surface area contributed by atoms with Gasteiger partial charge in [-0.05, 0) is 80.4 Å². The SMILES string of the molecule is Cc1cccc(O[C@H](C)C(=O)Nc2ccc(S(=O)(=O)Nc3cc(Cl)ccc3C)cc2)c1. The standard InChI is InChI=1S/C23H23ClN2O4S/c1-15-5-4-6-20(13-15)30-17(3)23(27)25-19-9-11-21(12-10-19)31(28,29)26-22-14-18(24)8-7-16(22)2/h4-14,17,26H,1-3H3,(H,25,27)/t17-/m1/s1. The average molecular weight is 459 g/mol. The van der Waals surface area contributed by atoms with Crippen molar-refractivity contribution in [2.45, 2.75) is 31.8 Å². The van der Waals surface area contributed by atoms with Gasteiger partial charge < -0.3 is 10.1 Å². The predicted octanol–water partition coefficient (Wildman–Crippen LogP) is 5.16. The molecule has 6 nitrogen and oxygen atoms in total. The molecule has 0 heterocycles. The summed E-state index contributed by atoms with van der Waals surface area (Å²) in [5.74, 6) is 0.260. The molecule has 0 unspecified atom stereocenters. The molecular weight excluding hydrogens is 436 g/mol. The van der Waals surface area contributed by atoms with Gasteiger partial charge in [-0.1, -0.05) is 29.8 Å². The Morgan fingerprint density at radius 1 is 1.00 bits per heavy atom. The first-order chi connectivity index (χ1) is 14.6. The van der Waals surface area contributed by atoms with Gasteiger partial charge in [-0.25, -0.2) is 8.42 Å². The number of anilines is 2. The van der Waals surface area contributed by atoms with Crippen molar-refractivity contribution >= 4 is 38.9 Å². The summed E-state index contributed by atoms with van der Waals surface area (Å²) in [5.41, 5.74) is 2.65. The lowest BCUT2D eigenvalue weighted by Crippen LogP contribution is -2.30. The summed E-state index contributed by atoms with van der Waals surface area (Å²) in [6.07, 6.45) is -0.724. The molecule has 0 radical (unpaired) electrons. The number of carbonyl (C=O) groups is 1. The van der Waals surface area contributed by atoms with Crippen LogP contribution < -0.4 is 14.8 Å². The molecule has 0 saturated heterocycles. The maximum Gasteiger partial charge on any atom is 0.265 e. The summed E-state index contributed by atoms with van der Waals surface area (Å²) in [4.78, 5) is 12.5. The number of nitrogens with one attached hydrogen (secondary N) is 2. The zero-order chi connectivity index (χ0) is 22.6. The lowest BCUT2D eigenvalue weighted by Gasteiger charge is -2.15. The third-order valence-electron chi connectivity index (χ3n) is 4.55. The lowest BCUT2D eigenvalue weighted by molar-refractivity contribution is -0.122. The lowest BCUT2D eigenvalue weighted by atomic mass is 10.2. The van der Waals surface area contributed by atoms with Crippen molar-refractivity contribution in [3.8, 4) is 5.75 Å². The maximum absolute atomic E-state index is 12.7. The molecule has 1 amide bonds. The van der Waals surface area contributed by atoms with Crippen LogP contribution in [0.1, 0.15) is 18.1 Å². The van der Waals surface area contributed by atoms with Crippen LogP contribution in [0, 0.1) is 13.8 Å². The fraction of sp³-hybridized carbons (Fsp3) is 0.174. The second-order valence-electron chi connectivity index (χ2n) is 7.15. The first-order valence-electron chi connectivity index (χ1n) is 9.57. The number of carbonyl (C=O) groups excluding carboxylic acids is 1. The number of hydrogen-bond acceptors (Lipinski definition) is 4. The Labute approximate surface area is 187 Å². The van der Waals surface area contributed by atoms with Crippen molar-refractivity contribution in [2.24, 2.45) is 0 Å². The normalized spacial score (nSPS) is 12.1. The van der Waals surface area contributed by atoms with Crippen LogP contribution in [0.15, 0.2) is 71.6 Å². The van der Waals surface area contributed by atoms with Crippen LogP contribution in [0.3, 0.4) is 0 Å². The second-order valence-corrected chi connectivity index (χ2v) is 9.27. The Kier molecular flexibility index (Phi) is 6.87. The van der Waals surface area contributed by atoms with Gasteiger partial charge in [0, 0.05) is 10.7 Å². The Morgan fingerprint density at radius 3 is 2.39 bits per heavy atom. The highest BCUT2D eigenvalue weighted by Gasteiger charge is 2.18. The van der Waals surface area contributed by atoms with Crippen molar-refractivity contribution in [3.05, 3.63) is 82.9 Å². The predicted molar refractivity (Wildman–Crippen MR) is 123 cm³/mol. The summed E-state index contributed by atoms with van der Waals surface area (Å²) in [7, 11) is -3.80. The van der Waals surface area contributed by atoms with E-state index in [0.29, 0.717) is 22.1 Å². The Balaban J connectivity index is 1.66. The van der Waals surface area contributed by atoms with E-state index in [1.807, 2.05) is 25.1 Å². The Morgan fingerprint density at radius 2 is 1.71 bits per heavy atom. The fourth-order valence-corrected chi connectivity index (χ4v) is 4.11. The number of aryl methyl sites for hydroxylation is 2. The molecule has 0 fully saturated rings. The highest BCUT2D eigenvalue weighted by atomic mass is 35.5. The topological polar surface area (TPSA) is 84.5 Å². The van der Waals surface area contributed by atoms with Crippen molar-refractivity contribution in [1.82, 2.24) is 0 Å².